The Morgan fingerprint density at radius 2 is 1.80 bits per heavy atom. The van der Waals surface area contributed by atoms with Crippen LogP contribution in [-0.4, -0.2) is 26.0 Å². The largest absolute Gasteiger partial charge is 0.496 e. The molecular weight excluding hydrogens is 256 g/mol. The zero-order chi connectivity index (χ0) is 14.7. The maximum absolute atomic E-state index is 11.8. The second-order valence-electron chi connectivity index (χ2n) is 5.18. The summed E-state index contributed by atoms with van der Waals surface area (Å²) in [6.07, 6.45) is 4.48. The van der Waals surface area contributed by atoms with E-state index in [1.165, 1.54) is 26.9 Å². The van der Waals surface area contributed by atoms with Crippen LogP contribution >= 0.6 is 0 Å². The highest BCUT2D eigenvalue weighted by molar-refractivity contribution is 6.00. The number of ketones is 1. The molecule has 1 fully saturated rings. The molecule has 0 N–H and O–H groups in total. The Balaban J connectivity index is 2.58. The first kappa shape index (κ1) is 14.6. The molecule has 0 heterocycles. The van der Waals surface area contributed by atoms with E-state index in [9.17, 15) is 9.59 Å². The number of carbonyl (C=O) groups excluding carboxylic acids is 2. The van der Waals surface area contributed by atoms with Gasteiger partial charge in [-0.05, 0) is 43.4 Å². The van der Waals surface area contributed by atoms with Crippen molar-refractivity contribution in [2.45, 2.75) is 38.5 Å². The van der Waals surface area contributed by atoms with E-state index in [2.05, 4.69) is 0 Å². The molecule has 0 bridgehead atoms. The SMILES string of the molecule is COC(=O)c1cc(C(C)=O)c(OC)c(C2CCCC2)c1. The molecule has 0 amide bonds. The standard InChI is InChI=1S/C16H20O4/c1-10(17)13-8-12(16(18)20-3)9-14(15(13)19-2)11-6-4-5-7-11/h8-9,11H,4-7H2,1-3H3. The van der Waals surface area contributed by atoms with Crippen LogP contribution in [0.2, 0.25) is 0 Å². The van der Waals surface area contributed by atoms with Crippen LogP contribution in [0.1, 0.15) is 64.8 Å². The normalized spacial score (nSPS) is 15.2. The molecule has 1 aliphatic rings. The Morgan fingerprint density at radius 1 is 1.15 bits per heavy atom. The van der Waals surface area contributed by atoms with Gasteiger partial charge in [0.25, 0.3) is 0 Å². The zero-order valence-electron chi connectivity index (χ0n) is 12.2. The zero-order valence-corrected chi connectivity index (χ0v) is 12.2. The van der Waals surface area contributed by atoms with Crippen molar-refractivity contribution in [1.82, 2.24) is 0 Å². The van der Waals surface area contributed by atoms with Gasteiger partial charge in [0.05, 0.1) is 25.3 Å². The average molecular weight is 276 g/mol. The summed E-state index contributed by atoms with van der Waals surface area (Å²) in [5.41, 5.74) is 1.83. The molecule has 1 saturated carbocycles. The maximum Gasteiger partial charge on any atom is 0.337 e. The van der Waals surface area contributed by atoms with E-state index in [1.807, 2.05) is 6.07 Å². The Labute approximate surface area is 119 Å². The summed E-state index contributed by atoms with van der Waals surface area (Å²) in [6, 6.07) is 3.37. The van der Waals surface area contributed by atoms with Crippen molar-refractivity contribution in [2.75, 3.05) is 14.2 Å². The number of Topliss-reactive ketones (excluding diaryl/α,β-unsaturated/α-hetero) is 1. The summed E-state index contributed by atoms with van der Waals surface area (Å²) in [5, 5.41) is 0. The molecule has 0 unspecified atom stereocenters. The highest BCUT2D eigenvalue weighted by Gasteiger charge is 2.25. The van der Waals surface area contributed by atoms with Gasteiger partial charge < -0.3 is 9.47 Å². The fourth-order valence-corrected chi connectivity index (χ4v) is 2.92. The number of ether oxygens (including phenoxy) is 2. The van der Waals surface area contributed by atoms with Crippen LogP contribution in [0, 0.1) is 0 Å². The second kappa shape index (κ2) is 6.07. The van der Waals surface area contributed by atoms with E-state index in [-0.39, 0.29) is 5.78 Å². The van der Waals surface area contributed by atoms with Crippen molar-refractivity contribution in [3.8, 4) is 5.75 Å². The Hall–Kier alpha value is -1.84. The first-order chi connectivity index (χ1) is 9.58. The van der Waals surface area contributed by atoms with Gasteiger partial charge in [0.2, 0.25) is 0 Å². The number of methoxy groups -OCH3 is 2. The molecule has 0 atom stereocenters. The highest BCUT2D eigenvalue weighted by atomic mass is 16.5. The van der Waals surface area contributed by atoms with Gasteiger partial charge in [0, 0.05) is 0 Å². The number of esters is 1. The summed E-state index contributed by atoms with van der Waals surface area (Å²) in [4.78, 5) is 23.6. The van der Waals surface area contributed by atoms with E-state index >= 15 is 0 Å². The second-order valence-corrected chi connectivity index (χ2v) is 5.18. The number of rotatable bonds is 4. The van der Waals surface area contributed by atoms with E-state index in [0.29, 0.717) is 22.8 Å². The number of hydrogen-bond donors (Lipinski definition) is 0. The minimum Gasteiger partial charge on any atom is -0.496 e. The predicted molar refractivity (Wildman–Crippen MR) is 75.5 cm³/mol. The molecule has 1 aliphatic carbocycles. The fourth-order valence-electron chi connectivity index (χ4n) is 2.92. The van der Waals surface area contributed by atoms with Gasteiger partial charge in [-0.15, -0.1) is 0 Å². The predicted octanol–water partition coefficient (Wildman–Crippen LogP) is 3.34. The first-order valence-electron chi connectivity index (χ1n) is 6.89. The van der Waals surface area contributed by atoms with Crippen LogP contribution in [0.15, 0.2) is 12.1 Å². The highest BCUT2D eigenvalue weighted by Crippen LogP contribution is 2.41. The van der Waals surface area contributed by atoms with Crippen LogP contribution in [0.4, 0.5) is 0 Å². The lowest BCUT2D eigenvalue weighted by atomic mass is 9.91. The van der Waals surface area contributed by atoms with Crippen molar-refractivity contribution >= 4 is 11.8 Å². The third-order valence-corrected chi connectivity index (χ3v) is 3.92. The van der Waals surface area contributed by atoms with E-state index in [0.717, 1.165) is 18.4 Å². The number of hydrogen-bond acceptors (Lipinski definition) is 4. The third kappa shape index (κ3) is 2.69. The number of carbonyl (C=O) groups is 2. The lowest BCUT2D eigenvalue weighted by Crippen LogP contribution is -2.09. The molecule has 1 aromatic carbocycles. The lowest BCUT2D eigenvalue weighted by molar-refractivity contribution is 0.0600. The van der Waals surface area contributed by atoms with Gasteiger partial charge in [0.15, 0.2) is 5.78 Å². The minimum absolute atomic E-state index is 0.105. The van der Waals surface area contributed by atoms with E-state index in [1.54, 1.807) is 13.2 Å². The third-order valence-electron chi connectivity index (χ3n) is 3.92. The lowest BCUT2D eigenvalue weighted by Gasteiger charge is -2.18. The molecule has 4 heteroatoms. The van der Waals surface area contributed by atoms with Gasteiger partial charge >= 0.3 is 5.97 Å². The number of benzene rings is 1. The van der Waals surface area contributed by atoms with Crippen molar-refractivity contribution in [2.24, 2.45) is 0 Å². The molecular formula is C16H20O4. The first-order valence-corrected chi connectivity index (χ1v) is 6.89. The maximum atomic E-state index is 11.8. The van der Waals surface area contributed by atoms with Crippen molar-refractivity contribution < 1.29 is 19.1 Å². The van der Waals surface area contributed by atoms with Crippen LogP contribution in [-0.2, 0) is 4.74 Å². The smallest absolute Gasteiger partial charge is 0.337 e. The monoisotopic (exact) mass is 276 g/mol. The average Bonchev–Trinajstić information content (AvgIpc) is 2.98. The van der Waals surface area contributed by atoms with Gasteiger partial charge in [-0.2, -0.15) is 0 Å². The molecule has 4 nitrogen and oxygen atoms in total. The van der Waals surface area contributed by atoms with Crippen LogP contribution < -0.4 is 4.74 Å². The van der Waals surface area contributed by atoms with Crippen molar-refractivity contribution in [3.63, 3.8) is 0 Å². The molecule has 1 aromatic rings. The van der Waals surface area contributed by atoms with E-state index in [4.69, 9.17) is 9.47 Å². The molecule has 20 heavy (non-hydrogen) atoms. The summed E-state index contributed by atoms with van der Waals surface area (Å²) < 4.78 is 10.2. The van der Waals surface area contributed by atoms with Crippen LogP contribution in [0.3, 0.4) is 0 Å². The van der Waals surface area contributed by atoms with Gasteiger partial charge in [0.1, 0.15) is 5.75 Å². The Kier molecular flexibility index (Phi) is 4.42. The van der Waals surface area contributed by atoms with E-state index < -0.39 is 5.97 Å². The minimum atomic E-state index is -0.422. The topological polar surface area (TPSA) is 52.6 Å². The molecule has 0 radical (unpaired) electrons. The molecule has 0 spiro atoms. The summed E-state index contributed by atoms with van der Waals surface area (Å²) in [7, 11) is 2.91. The molecule has 0 saturated heterocycles. The van der Waals surface area contributed by atoms with Crippen molar-refractivity contribution in [3.05, 3.63) is 28.8 Å². The van der Waals surface area contributed by atoms with Crippen LogP contribution in [0.5, 0.6) is 5.75 Å². The van der Waals surface area contributed by atoms with Crippen LogP contribution in [0.25, 0.3) is 0 Å². The Bertz CT molecular complexity index is 528. The van der Waals surface area contributed by atoms with Gasteiger partial charge in [-0.25, -0.2) is 4.79 Å². The molecule has 2 rings (SSSR count). The fraction of sp³-hybridized carbons (Fsp3) is 0.500. The summed E-state index contributed by atoms with van der Waals surface area (Å²) >= 11 is 0. The molecule has 0 aliphatic heterocycles. The summed E-state index contributed by atoms with van der Waals surface area (Å²) in [5.74, 6) is 0.436. The van der Waals surface area contributed by atoms with Gasteiger partial charge in [-0.1, -0.05) is 12.8 Å². The van der Waals surface area contributed by atoms with Gasteiger partial charge in [-0.3, -0.25) is 4.79 Å². The Morgan fingerprint density at radius 3 is 2.30 bits per heavy atom. The van der Waals surface area contributed by atoms with Crippen molar-refractivity contribution in [1.29, 1.82) is 0 Å². The quantitative estimate of drug-likeness (QED) is 0.625. The summed E-state index contributed by atoms with van der Waals surface area (Å²) in [6.45, 7) is 1.48. The molecule has 0 aromatic heterocycles. The molecule has 108 valence electrons.